The Hall–Kier alpha value is -1.89. The fraction of sp³-hybridized carbons (Fsp3) is 0.643. The third-order valence-corrected chi connectivity index (χ3v) is 3.95. The number of primary amides is 1. The van der Waals surface area contributed by atoms with Gasteiger partial charge in [0.25, 0.3) is 5.91 Å². The molecule has 1 aliphatic rings. The summed E-state index contributed by atoms with van der Waals surface area (Å²) >= 11 is 0. The molecule has 116 valence electrons. The van der Waals surface area contributed by atoms with E-state index in [1.807, 2.05) is 18.7 Å². The van der Waals surface area contributed by atoms with E-state index in [1.165, 1.54) is 0 Å². The van der Waals surface area contributed by atoms with E-state index in [0.717, 1.165) is 0 Å². The minimum atomic E-state index is -0.455. The largest absolute Gasteiger partial charge is 0.368 e. The molecule has 0 saturated carbocycles. The molecule has 0 aliphatic carbocycles. The van der Waals surface area contributed by atoms with Crippen molar-refractivity contribution in [1.29, 1.82) is 0 Å². The second kappa shape index (κ2) is 5.85. The van der Waals surface area contributed by atoms with Crippen molar-refractivity contribution in [2.75, 3.05) is 19.6 Å². The molecule has 1 fully saturated rings. The van der Waals surface area contributed by atoms with E-state index in [4.69, 9.17) is 10.3 Å². The Kier molecular flexibility index (Phi) is 4.32. The van der Waals surface area contributed by atoms with Gasteiger partial charge in [-0.25, -0.2) is 0 Å². The molecule has 2 heterocycles. The summed E-state index contributed by atoms with van der Waals surface area (Å²) < 4.78 is 5.04. The first-order valence-electron chi connectivity index (χ1n) is 7.10. The zero-order valence-corrected chi connectivity index (χ0v) is 12.9. The smallest absolute Gasteiger partial charge is 0.259 e. The molecule has 7 nitrogen and oxygen atoms in total. The van der Waals surface area contributed by atoms with Gasteiger partial charge in [0.05, 0.1) is 5.69 Å². The molecule has 7 heteroatoms. The summed E-state index contributed by atoms with van der Waals surface area (Å²) in [6.07, 6.45) is 0. The minimum Gasteiger partial charge on any atom is -0.368 e. The van der Waals surface area contributed by atoms with E-state index in [2.05, 4.69) is 5.16 Å². The van der Waals surface area contributed by atoms with Gasteiger partial charge in [-0.3, -0.25) is 14.5 Å². The zero-order valence-electron chi connectivity index (χ0n) is 12.9. The number of piperazine rings is 1. The normalized spacial score (nSPS) is 20.0. The molecule has 0 aromatic carbocycles. The van der Waals surface area contributed by atoms with Gasteiger partial charge >= 0.3 is 0 Å². The number of aryl methyl sites for hydroxylation is 2. The molecule has 1 aromatic rings. The standard InChI is InChI=1S/C14H22N4O3/c1-8(2)18-6-5-17(7-11(18)13(15)19)14(20)12-9(3)16-21-10(12)4/h8,11H,5-7H2,1-4H3,(H2,15,19). The summed E-state index contributed by atoms with van der Waals surface area (Å²) in [5.74, 6) is -0.0553. The molecule has 21 heavy (non-hydrogen) atoms. The molecule has 0 spiro atoms. The van der Waals surface area contributed by atoms with Crippen molar-refractivity contribution in [3.63, 3.8) is 0 Å². The number of nitrogens with two attached hydrogens (primary N) is 1. The minimum absolute atomic E-state index is 0.152. The second-order valence-electron chi connectivity index (χ2n) is 5.70. The maximum absolute atomic E-state index is 12.6. The predicted molar refractivity (Wildman–Crippen MR) is 76.7 cm³/mol. The van der Waals surface area contributed by atoms with Crippen molar-refractivity contribution >= 4 is 11.8 Å². The molecule has 1 saturated heterocycles. The average Bonchev–Trinajstić information content (AvgIpc) is 2.76. The first-order valence-corrected chi connectivity index (χ1v) is 7.10. The highest BCUT2D eigenvalue weighted by Crippen LogP contribution is 2.19. The zero-order chi connectivity index (χ0) is 15.7. The van der Waals surface area contributed by atoms with Crippen LogP contribution in [0.5, 0.6) is 0 Å². The summed E-state index contributed by atoms with van der Waals surface area (Å²) in [5.41, 5.74) is 6.54. The molecule has 2 N–H and O–H groups in total. The lowest BCUT2D eigenvalue weighted by molar-refractivity contribution is -0.126. The van der Waals surface area contributed by atoms with Crippen LogP contribution in [0, 0.1) is 13.8 Å². The van der Waals surface area contributed by atoms with Crippen LogP contribution in [-0.4, -0.2) is 58.5 Å². The van der Waals surface area contributed by atoms with Crippen LogP contribution in [0.2, 0.25) is 0 Å². The summed E-state index contributed by atoms with van der Waals surface area (Å²) in [5, 5.41) is 3.80. The van der Waals surface area contributed by atoms with Crippen molar-refractivity contribution in [3.05, 3.63) is 17.0 Å². The summed E-state index contributed by atoms with van der Waals surface area (Å²) in [4.78, 5) is 28.0. The summed E-state index contributed by atoms with van der Waals surface area (Å²) in [6.45, 7) is 8.97. The molecule has 0 radical (unpaired) electrons. The Balaban J connectivity index is 2.20. The van der Waals surface area contributed by atoms with E-state index in [1.54, 1.807) is 18.7 Å². The maximum atomic E-state index is 12.6. The van der Waals surface area contributed by atoms with Crippen LogP contribution in [0.25, 0.3) is 0 Å². The summed E-state index contributed by atoms with van der Waals surface area (Å²) in [7, 11) is 0. The lowest BCUT2D eigenvalue weighted by Gasteiger charge is -2.41. The van der Waals surface area contributed by atoms with Crippen molar-refractivity contribution in [2.45, 2.75) is 39.8 Å². The predicted octanol–water partition coefficient (Wildman–Crippen LogP) is 0.312. The average molecular weight is 294 g/mol. The molecule has 2 rings (SSSR count). The number of hydrogen-bond donors (Lipinski definition) is 1. The molecule has 1 atom stereocenters. The van der Waals surface area contributed by atoms with Gasteiger partial charge in [-0.2, -0.15) is 0 Å². The fourth-order valence-corrected chi connectivity index (χ4v) is 2.80. The van der Waals surface area contributed by atoms with Crippen LogP contribution in [0.4, 0.5) is 0 Å². The second-order valence-corrected chi connectivity index (χ2v) is 5.70. The van der Waals surface area contributed by atoms with Crippen molar-refractivity contribution in [1.82, 2.24) is 15.0 Å². The Bertz CT molecular complexity index is 533. The van der Waals surface area contributed by atoms with Crippen LogP contribution in [0.15, 0.2) is 4.52 Å². The number of carbonyl (C=O) groups excluding carboxylic acids is 2. The van der Waals surface area contributed by atoms with Crippen LogP contribution in [0.3, 0.4) is 0 Å². The Morgan fingerprint density at radius 3 is 2.48 bits per heavy atom. The number of hydrogen-bond acceptors (Lipinski definition) is 5. The van der Waals surface area contributed by atoms with Gasteiger partial charge in [-0.1, -0.05) is 5.16 Å². The Morgan fingerprint density at radius 2 is 2.00 bits per heavy atom. The van der Waals surface area contributed by atoms with E-state index in [-0.39, 0.29) is 11.9 Å². The number of nitrogens with zero attached hydrogens (tertiary/aromatic N) is 3. The SMILES string of the molecule is Cc1noc(C)c1C(=O)N1CCN(C(C)C)C(C(N)=O)C1. The third kappa shape index (κ3) is 2.92. The number of amides is 2. The van der Waals surface area contributed by atoms with E-state index in [9.17, 15) is 9.59 Å². The van der Waals surface area contributed by atoms with E-state index < -0.39 is 11.9 Å². The molecule has 1 aliphatic heterocycles. The first kappa shape index (κ1) is 15.5. The maximum Gasteiger partial charge on any atom is 0.259 e. The Morgan fingerprint density at radius 1 is 1.33 bits per heavy atom. The Labute approximate surface area is 124 Å². The molecule has 1 aromatic heterocycles. The van der Waals surface area contributed by atoms with Gasteiger partial charge in [0.2, 0.25) is 5.91 Å². The first-order chi connectivity index (χ1) is 9.82. The highest BCUT2D eigenvalue weighted by molar-refractivity contribution is 5.96. The lowest BCUT2D eigenvalue weighted by Crippen LogP contribution is -2.61. The van der Waals surface area contributed by atoms with E-state index >= 15 is 0 Å². The number of aromatic nitrogens is 1. The fourth-order valence-electron chi connectivity index (χ4n) is 2.80. The molecular weight excluding hydrogens is 272 g/mol. The van der Waals surface area contributed by atoms with Crippen LogP contribution in [-0.2, 0) is 4.79 Å². The van der Waals surface area contributed by atoms with Gasteiger partial charge in [0, 0.05) is 25.7 Å². The molecule has 1 unspecified atom stereocenters. The molecule has 0 bridgehead atoms. The van der Waals surface area contributed by atoms with Crippen molar-refractivity contribution in [2.24, 2.45) is 5.73 Å². The highest BCUT2D eigenvalue weighted by atomic mass is 16.5. The van der Waals surface area contributed by atoms with Crippen molar-refractivity contribution < 1.29 is 14.1 Å². The van der Waals surface area contributed by atoms with Crippen LogP contribution < -0.4 is 5.73 Å². The third-order valence-electron chi connectivity index (χ3n) is 3.95. The van der Waals surface area contributed by atoms with Crippen molar-refractivity contribution in [3.8, 4) is 0 Å². The topological polar surface area (TPSA) is 92.7 Å². The van der Waals surface area contributed by atoms with Gasteiger partial charge in [-0.05, 0) is 27.7 Å². The van der Waals surface area contributed by atoms with Gasteiger partial charge in [-0.15, -0.1) is 0 Å². The lowest BCUT2D eigenvalue weighted by atomic mass is 10.1. The number of rotatable bonds is 3. The number of carbonyl (C=O) groups is 2. The van der Waals surface area contributed by atoms with Crippen LogP contribution in [0.1, 0.15) is 35.7 Å². The molecular formula is C14H22N4O3. The monoisotopic (exact) mass is 294 g/mol. The summed E-state index contributed by atoms with van der Waals surface area (Å²) in [6, 6.07) is -0.248. The van der Waals surface area contributed by atoms with Gasteiger partial charge < -0.3 is 15.2 Å². The molecule has 2 amide bonds. The van der Waals surface area contributed by atoms with Crippen LogP contribution >= 0.6 is 0 Å². The van der Waals surface area contributed by atoms with Gasteiger partial charge in [0.15, 0.2) is 0 Å². The van der Waals surface area contributed by atoms with Gasteiger partial charge in [0.1, 0.15) is 17.4 Å². The quantitative estimate of drug-likeness (QED) is 0.866. The van der Waals surface area contributed by atoms with E-state index in [0.29, 0.717) is 36.7 Å². The highest BCUT2D eigenvalue weighted by Gasteiger charge is 2.35.